The van der Waals surface area contributed by atoms with Crippen LogP contribution in [0.4, 0.5) is 5.69 Å². The fourth-order valence-corrected chi connectivity index (χ4v) is 2.42. The van der Waals surface area contributed by atoms with Gasteiger partial charge in [0.25, 0.3) is 5.91 Å². The van der Waals surface area contributed by atoms with Crippen LogP contribution in [-0.2, 0) is 7.05 Å². The highest BCUT2D eigenvalue weighted by atomic mass is 32.2. The summed E-state index contributed by atoms with van der Waals surface area (Å²) in [7, 11) is 3.46. The molecule has 0 saturated carbocycles. The fourth-order valence-electron chi connectivity index (χ4n) is 1.49. The second kappa shape index (κ2) is 5.14. The fraction of sp³-hybridized carbons (Fsp3) is 0.167. The van der Waals surface area contributed by atoms with Crippen molar-refractivity contribution in [1.82, 2.24) is 15.1 Å². The first-order chi connectivity index (χ1) is 8.60. The number of amides is 1. The highest BCUT2D eigenvalue weighted by molar-refractivity contribution is 7.99. The Labute approximate surface area is 109 Å². The Balaban J connectivity index is 2.29. The van der Waals surface area contributed by atoms with Crippen LogP contribution in [0.3, 0.4) is 0 Å². The highest BCUT2D eigenvalue weighted by Gasteiger charge is 2.08. The van der Waals surface area contributed by atoms with Crippen molar-refractivity contribution in [2.75, 3.05) is 12.8 Å². The van der Waals surface area contributed by atoms with Gasteiger partial charge in [-0.1, -0.05) is 11.8 Å². The van der Waals surface area contributed by atoms with Gasteiger partial charge in [0.2, 0.25) is 0 Å². The SMILES string of the molecule is CNC(=O)c1ccc(N)c(Sc2cnn(C)c2)c1. The van der Waals surface area contributed by atoms with Crippen LogP contribution in [0, 0.1) is 0 Å². The molecule has 0 radical (unpaired) electrons. The second-order valence-electron chi connectivity index (χ2n) is 3.78. The molecule has 1 heterocycles. The summed E-state index contributed by atoms with van der Waals surface area (Å²) in [6.07, 6.45) is 3.66. The molecule has 0 spiro atoms. The lowest BCUT2D eigenvalue weighted by Gasteiger charge is -2.06. The van der Waals surface area contributed by atoms with Gasteiger partial charge in [-0.2, -0.15) is 5.10 Å². The molecular weight excluding hydrogens is 248 g/mol. The maximum absolute atomic E-state index is 11.6. The van der Waals surface area contributed by atoms with Gasteiger partial charge in [0.05, 0.1) is 11.1 Å². The van der Waals surface area contributed by atoms with Crippen molar-refractivity contribution in [3.05, 3.63) is 36.2 Å². The third-order valence-electron chi connectivity index (χ3n) is 2.41. The first-order valence-electron chi connectivity index (χ1n) is 5.38. The Kier molecular flexibility index (Phi) is 3.57. The second-order valence-corrected chi connectivity index (χ2v) is 4.90. The Bertz CT molecular complexity index is 579. The predicted molar refractivity (Wildman–Crippen MR) is 71.6 cm³/mol. The van der Waals surface area contributed by atoms with Crippen LogP contribution < -0.4 is 11.1 Å². The standard InChI is InChI=1S/C12H14N4OS/c1-14-12(17)8-3-4-10(13)11(5-8)18-9-6-15-16(2)7-9/h3-7H,13H2,1-2H3,(H,14,17). The molecular formula is C12H14N4OS. The van der Waals surface area contributed by atoms with Crippen LogP contribution in [0.2, 0.25) is 0 Å². The molecule has 0 fully saturated rings. The molecule has 1 amide bonds. The number of hydrogen-bond acceptors (Lipinski definition) is 4. The van der Waals surface area contributed by atoms with E-state index in [0.29, 0.717) is 11.3 Å². The van der Waals surface area contributed by atoms with Gasteiger partial charge in [-0.15, -0.1) is 0 Å². The summed E-state index contributed by atoms with van der Waals surface area (Å²) in [6, 6.07) is 5.23. The van der Waals surface area contributed by atoms with Crippen molar-refractivity contribution in [3.63, 3.8) is 0 Å². The first kappa shape index (κ1) is 12.5. The van der Waals surface area contributed by atoms with E-state index in [1.54, 1.807) is 36.1 Å². The summed E-state index contributed by atoms with van der Waals surface area (Å²) in [5, 5.41) is 6.68. The Morgan fingerprint density at radius 2 is 2.28 bits per heavy atom. The number of aryl methyl sites for hydroxylation is 1. The van der Waals surface area contributed by atoms with Gasteiger partial charge in [-0.05, 0) is 18.2 Å². The average Bonchev–Trinajstić information content (AvgIpc) is 2.76. The summed E-state index contributed by atoms with van der Waals surface area (Å²) in [6.45, 7) is 0. The number of nitrogens with zero attached hydrogens (tertiary/aromatic N) is 2. The Hall–Kier alpha value is -1.95. The van der Waals surface area contributed by atoms with Gasteiger partial charge < -0.3 is 11.1 Å². The van der Waals surface area contributed by atoms with E-state index in [2.05, 4.69) is 10.4 Å². The zero-order valence-electron chi connectivity index (χ0n) is 10.2. The van der Waals surface area contributed by atoms with Crippen LogP contribution >= 0.6 is 11.8 Å². The maximum Gasteiger partial charge on any atom is 0.251 e. The largest absolute Gasteiger partial charge is 0.398 e. The minimum atomic E-state index is -0.122. The molecule has 2 rings (SSSR count). The molecule has 0 unspecified atom stereocenters. The molecule has 0 aliphatic heterocycles. The van der Waals surface area contributed by atoms with Crippen molar-refractivity contribution in [1.29, 1.82) is 0 Å². The Morgan fingerprint density at radius 3 is 2.89 bits per heavy atom. The summed E-state index contributed by atoms with van der Waals surface area (Å²) >= 11 is 1.49. The summed E-state index contributed by atoms with van der Waals surface area (Å²) in [5.41, 5.74) is 7.15. The first-order valence-corrected chi connectivity index (χ1v) is 6.20. The van der Waals surface area contributed by atoms with Gasteiger partial charge in [0.15, 0.2) is 0 Å². The summed E-state index contributed by atoms with van der Waals surface area (Å²) in [4.78, 5) is 13.4. The predicted octanol–water partition coefficient (Wildman–Crippen LogP) is 1.51. The van der Waals surface area contributed by atoms with E-state index >= 15 is 0 Å². The lowest BCUT2D eigenvalue weighted by molar-refractivity contribution is 0.0963. The third-order valence-corrected chi connectivity index (χ3v) is 3.43. The molecule has 1 aromatic heterocycles. The van der Waals surface area contributed by atoms with Crippen LogP contribution in [-0.4, -0.2) is 22.7 Å². The lowest BCUT2D eigenvalue weighted by atomic mass is 10.2. The van der Waals surface area contributed by atoms with Crippen LogP contribution in [0.15, 0.2) is 40.4 Å². The molecule has 0 saturated heterocycles. The Morgan fingerprint density at radius 1 is 1.50 bits per heavy atom. The van der Waals surface area contributed by atoms with Crippen molar-refractivity contribution < 1.29 is 4.79 Å². The van der Waals surface area contributed by atoms with Crippen molar-refractivity contribution in [2.45, 2.75) is 9.79 Å². The van der Waals surface area contributed by atoms with Gasteiger partial charge in [-0.25, -0.2) is 0 Å². The van der Waals surface area contributed by atoms with Gasteiger partial charge in [0, 0.05) is 36.4 Å². The van der Waals surface area contributed by atoms with Crippen LogP contribution in [0.5, 0.6) is 0 Å². The molecule has 3 N–H and O–H groups in total. The zero-order valence-corrected chi connectivity index (χ0v) is 11.0. The monoisotopic (exact) mass is 262 g/mol. The van der Waals surface area contributed by atoms with Crippen molar-refractivity contribution >= 4 is 23.4 Å². The van der Waals surface area contributed by atoms with Gasteiger partial charge in [-0.3, -0.25) is 9.48 Å². The summed E-state index contributed by atoms with van der Waals surface area (Å²) < 4.78 is 1.72. The van der Waals surface area contributed by atoms with E-state index in [9.17, 15) is 4.79 Å². The molecule has 0 atom stereocenters. The number of benzene rings is 1. The van der Waals surface area contributed by atoms with Crippen molar-refractivity contribution in [2.24, 2.45) is 7.05 Å². The van der Waals surface area contributed by atoms with Crippen LogP contribution in [0.1, 0.15) is 10.4 Å². The number of nitrogens with two attached hydrogens (primary N) is 1. The quantitative estimate of drug-likeness (QED) is 0.822. The molecule has 94 valence electrons. The number of aromatic nitrogens is 2. The minimum absolute atomic E-state index is 0.122. The molecule has 6 heteroatoms. The van der Waals surface area contributed by atoms with E-state index in [1.165, 1.54) is 11.8 Å². The normalized spacial score (nSPS) is 10.3. The minimum Gasteiger partial charge on any atom is -0.398 e. The molecule has 2 aromatic rings. The van der Waals surface area contributed by atoms with Gasteiger partial charge >= 0.3 is 0 Å². The number of anilines is 1. The van der Waals surface area contributed by atoms with E-state index < -0.39 is 0 Å². The third kappa shape index (κ3) is 2.65. The molecule has 18 heavy (non-hydrogen) atoms. The number of carbonyl (C=O) groups is 1. The summed E-state index contributed by atoms with van der Waals surface area (Å²) in [5.74, 6) is -0.122. The van der Waals surface area contributed by atoms with Crippen LogP contribution in [0.25, 0.3) is 0 Å². The smallest absolute Gasteiger partial charge is 0.251 e. The van der Waals surface area contributed by atoms with E-state index in [4.69, 9.17) is 5.73 Å². The molecule has 0 bridgehead atoms. The topological polar surface area (TPSA) is 72.9 Å². The molecule has 5 nitrogen and oxygen atoms in total. The number of nitrogen functional groups attached to an aromatic ring is 1. The van der Waals surface area contributed by atoms with E-state index in [0.717, 1.165) is 9.79 Å². The average molecular weight is 262 g/mol. The zero-order chi connectivity index (χ0) is 13.1. The van der Waals surface area contributed by atoms with Crippen molar-refractivity contribution in [3.8, 4) is 0 Å². The molecule has 0 aliphatic rings. The number of hydrogen-bond donors (Lipinski definition) is 2. The number of nitrogens with one attached hydrogen (secondary N) is 1. The molecule has 1 aromatic carbocycles. The molecule has 0 aliphatic carbocycles. The highest BCUT2D eigenvalue weighted by Crippen LogP contribution is 2.32. The number of rotatable bonds is 3. The van der Waals surface area contributed by atoms with E-state index in [-0.39, 0.29) is 5.91 Å². The lowest BCUT2D eigenvalue weighted by Crippen LogP contribution is -2.17. The van der Waals surface area contributed by atoms with E-state index in [1.807, 2.05) is 13.2 Å². The maximum atomic E-state index is 11.6. The van der Waals surface area contributed by atoms with Gasteiger partial charge in [0.1, 0.15) is 0 Å². The number of carbonyl (C=O) groups excluding carboxylic acids is 1.